The summed E-state index contributed by atoms with van der Waals surface area (Å²) in [6.45, 7) is 3.11. The van der Waals surface area contributed by atoms with Gasteiger partial charge in [0.25, 0.3) is 10.0 Å². The summed E-state index contributed by atoms with van der Waals surface area (Å²) in [5.41, 5.74) is 3.99. The molecule has 9 heteroatoms. The van der Waals surface area contributed by atoms with Gasteiger partial charge in [-0.15, -0.1) is 0 Å². The molecule has 0 radical (unpaired) electrons. The number of hydrogen-bond donors (Lipinski definition) is 1. The maximum Gasteiger partial charge on any atom is 0.316 e. The first-order valence-electron chi connectivity index (χ1n) is 11.3. The number of aromatic nitrogens is 2. The number of likely N-dealkylation sites (tertiary alicyclic amines) is 1. The fourth-order valence-electron chi connectivity index (χ4n) is 4.59. The van der Waals surface area contributed by atoms with Crippen LogP contribution in [0.3, 0.4) is 0 Å². The lowest BCUT2D eigenvalue weighted by molar-refractivity contribution is 0.0743. The molecule has 2 heterocycles. The van der Waals surface area contributed by atoms with E-state index < -0.39 is 10.0 Å². The number of nitrogens with one attached hydrogen (secondary N) is 1. The van der Waals surface area contributed by atoms with Gasteiger partial charge in [0.2, 0.25) is 5.82 Å². The number of sulfonamides is 1. The summed E-state index contributed by atoms with van der Waals surface area (Å²) in [6, 6.07) is 10.7. The van der Waals surface area contributed by atoms with Crippen LogP contribution in [-0.2, 0) is 22.9 Å². The molecule has 3 aromatic rings. The minimum absolute atomic E-state index is 0.0779. The third kappa shape index (κ3) is 4.25. The SMILES string of the molecule is Cc1ccc(-c2noc(C(=O)N3CCCC3)n2)cc1S(=O)(=O)Nc1cccc2c1CCCC2. The van der Waals surface area contributed by atoms with Crippen molar-refractivity contribution in [2.24, 2.45) is 0 Å². The van der Waals surface area contributed by atoms with Crippen LogP contribution in [-0.4, -0.2) is 42.5 Å². The largest absolute Gasteiger partial charge is 0.334 e. The zero-order chi connectivity index (χ0) is 23.0. The Morgan fingerprint density at radius 1 is 1.06 bits per heavy atom. The first-order valence-corrected chi connectivity index (χ1v) is 12.8. The van der Waals surface area contributed by atoms with E-state index in [0.29, 0.717) is 29.9 Å². The van der Waals surface area contributed by atoms with E-state index in [0.717, 1.165) is 44.1 Å². The molecule has 172 valence electrons. The topological polar surface area (TPSA) is 105 Å². The Morgan fingerprint density at radius 3 is 2.67 bits per heavy atom. The number of hydrogen-bond acceptors (Lipinski definition) is 6. The van der Waals surface area contributed by atoms with E-state index >= 15 is 0 Å². The molecule has 1 N–H and O–H groups in total. The van der Waals surface area contributed by atoms with Gasteiger partial charge >= 0.3 is 11.8 Å². The molecule has 8 nitrogen and oxygen atoms in total. The van der Waals surface area contributed by atoms with E-state index in [-0.39, 0.29) is 22.5 Å². The summed E-state index contributed by atoms with van der Waals surface area (Å²) in [5.74, 6) is -0.182. The Labute approximate surface area is 193 Å². The van der Waals surface area contributed by atoms with Crippen molar-refractivity contribution in [2.75, 3.05) is 17.8 Å². The number of carbonyl (C=O) groups is 1. The molecule has 0 atom stereocenters. The van der Waals surface area contributed by atoms with E-state index in [9.17, 15) is 13.2 Å². The molecule has 0 saturated carbocycles. The molecular weight excluding hydrogens is 440 g/mol. The predicted octanol–water partition coefficient (Wildman–Crippen LogP) is 3.96. The quantitative estimate of drug-likeness (QED) is 0.610. The molecule has 1 fully saturated rings. The highest BCUT2D eigenvalue weighted by Gasteiger charge is 2.26. The zero-order valence-corrected chi connectivity index (χ0v) is 19.3. The number of benzene rings is 2. The second-order valence-corrected chi connectivity index (χ2v) is 10.3. The van der Waals surface area contributed by atoms with Gasteiger partial charge in [-0.25, -0.2) is 8.42 Å². The predicted molar refractivity (Wildman–Crippen MR) is 124 cm³/mol. The lowest BCUT2D eigenvalue weighted by atomic mass is 9.91. The maximum absolute atomic E-state index is 13.3. The molecule has 1 amide bonds. The lowest BCUT2D eigenvalue weighted by Gasteiger charge is -2.20. The maximum atomic E-state index is 13.3. The van der Waals surface area contributed by atoms with Gasteiger partial charge in [0.05, 0.1) is 10.6 Å². The van der Waals surface area contributed by atoms with Gasteiger partial charge in [-0.1, -0.05) is 29.4 Å². The number of rotatable bonds is 5. The number of carbonyl (C=O) groups excluding carboxylic acids is 1. The van der Waals surface area contributed by atoms with Gasteiger partial charge in [0, 0.05) is 18.7 Å². The van der Waals surface area contributed by atoms with Crippen molar-refractivity contribution in [1.82, 2.24) is 15.0 Å². The molecule has 5 rings (SSSR count). The fraction of sp³-hybridized carbons (Fsp3) is 0.375. The highest BCUT2D eigenvalue weighted by Crippen LogP contribution is 2.31. The number of fused-ring (bicyclic) bond motifs is 1. The Kier molecular flexibility index (Phi) is 5.65. The Hall–Kier alpha value is -3.20. The van der Waals surface area contributed by atoms with Crippen LogP contribution in [0.1, 0.15) is 53.1 Å². The van der Waals surface area contributed by atoms with Crippen molar-refractivity contribution in [3.63, 3.8) is 0 Å². The molecule has 0 unspecified atom stereocenters. The Bertz CT molecular complexity index is 1310. The van der Waals surface area contributed by atoms with Crippen LogP contribution >= 0.6 is 0 Å². The molecule has 0 bridgehead atoms. The van der Waals surface area contributed by atoms with Crippen LogP contribution in [0, 0.1) is 6.92 Å². The smallest absolute Gasteiger partial charge is 0.316 e. The molecule has 1 aliphatic heterocycles. The van der Waals surface area contributed by atoms with E-state index in [2.05, 4.69) is 20.9 Å². The number of anilines is 1. The first kappa shape index (κ1) is 21.6. The zero-order valence-electron chi connectivity index (χ0n) is 18.5. The summed E-state index contributed by atoms with van der Waals surface area (Å²) >= 11 is 0. The molecule has 2 aromatic carbocycles. The Morgan fingerprint density at radius 2 is 1.85 bits per heavy atom. The van der Waals surface area contributed by atoms with E-state index in [1.165, 1.54) is 11.6 Å². The lowest BCUT2D eigenvalue weighted by Crippen LogP contribution is -2.27. The molecule has 1 aromatic heterocycles. The van der Waals surface area contributed by atoms with Gasteiger partial charge in [0.1, 0.15) is 0 Å². The van der Waals surface area contributed by atoms with Crippen LogP contribution < -0.4 is 4.72 Å². The van der Waals surface area contributed by atoms with Crippen molar-refractivity contribution in [3.8, 4) is 11.4 Å². The summed E-state index contributed by atoms with van der Waals surface area (Å²) < 4.78 is 34.7. The second kappa shape index (κ2) is 8.62. The normalized spacial score (nSPS) is 16.0. The van der Waals surface area contributed by atoms with Crippen LogP contribution in [0.4, 0.5) is 5.69 Å². The summed E-state index contributed by atoms with van der Waals surface area (Å²) in [6.07, 6.45) is 5.93. The number of amides is 1. The average molecular weight is 467 g/mol. The molecule has 1 aliphatic carbocycles. The van der Waals surface area contributed by atoms with Crippen LogP contribution in [0.25, 0.3) is 11.4 Å². The summed E-state index contributed by atoms with van der Waals surface area (Å²) in [4.78, 5) is 18.6. The van der Waals surface area contributed by atoms with Crippen molar-refractivity contribution < 1.29 is 17.7 Å². The van der Waals surface area contributed by atoms with E-state index in [1.54, 1.807) is 24.0 Å². The van der Waals surface area contributed by atoms with Crippen LogP contribution in [0.5, 0.6) is 0 Å². The van der Waals surface area contributed by atoms with Gasteiger partial charge in [-0.2, -0.15) is 4.98 Å². The highest BCUT2D eigenvalue weighted by atomic mass is 32.2. The van der Waals surface area contributed by atoms with Gasteiger partial charge < -0.3 is 9.42 Å². The minimum Gasteiger partial charge on any atom is -0.334 e. The van der Waals surface area contributed by atoms with E-state index in [1.807, 2.05) is 12.1 Å². The minimum atomic E-state index is -3.84. The highest BCUT2D eigenvalue weighted by molar-refractivity contribution is 7.92. The molecular formula is C24H26N4O4S. The fourth-order valence-corrected chi connectivity index (χ4v) is 5.95. The third-order valence-corrected chi connectivity index (χ3v) is 7.89. The standard InChI is InChI=1S/C24H26N4O4S/c1-16-11-12-18(22-25-23(32-26-22)24(29)28-13-4-5-14-28)15-21(16)33(30,31)27-20-10-6-8-17-7-2-3-9-19(17)20/h6,8,10-12,15,27H,2-5,7,9,13-14H2,1H3. The second-order valence-electron chi connectivity index (χ2n) is 8.66. The van der Waals surface area contributed by atoms with Gasteiger partial charge in [-0.3, -0.25) is 9.52 Å². The molecule has 0 spiro atoms. The average Bonchev–Trinajstić information content (AvgIpc) is 3.52. The van der Waals surface area contributed by atoms with Gasteiger partial charge in [-0.05, 0) is 74.3 Å². The number of aryl methyl sites for hydroxylation is 2. The first-order chi connectivity index (χ1) is 15.9. The Balaban J connectivity index is 1.44. The van der Waals surface area contributed by atoms with Gasteiger partial charge in [0.15, 0.2) is 0 Å². The third-order valence-electron chi connectivity index (χ3n) is 6.38. The van der Waals surface area contributed by atoms with Crippen molar-refractivity contribution in [1.29, 1.82) is 0 Å². The molecule has 2 aliphatic rings. The molecule has 1 saturated heterocycles. The van der Waals surface area contributed by atoms with Crippen LogP contribution in [0.15, 0.2) is 45.8 Å². The van der Waals surface area contributed by atoms with Crippen LogP contribution in [0.2, 0.25) is 0 Å². The monoisotopic (exact) mass is 466 g/mol. The summed E-state index contributed by atoms with van der Waals surface area (Å²) in [7, 11) is -3.84. The summed E-state index contributed by atoms with van der Waals surface area (Å²) in [5, 5.41) is 3.92. The van der Waals surface area contributed by atoms with Crippen molar-refractivity contribution >= 4 is 21.6 Å². The van der Waals surface area contributed by atoms with Crippen molar-refractivity contribution in [3.05, 3.63) is 59.0 Å². The van der Waals surface area contributed by atoms with E-state index in [4.69, 9.17) is 4.52 Å². The number of nitrogens with zero attached hydrogens (tertiary/aromatic N) is 3. The van der Waals surface area contributed by atoms with Crippen molar-refractivity contribution in [2.45, 2.75) is 50.3 Å². The molecule has 33 heavy (non-hydrogen) atoms.